The van der Waals surface area contributed by atoms with Crippen molar-refractivity contribution in [2.24, 2.45) is 0 Å². The average Bonchev–Trinajstić information content (AvgIpc) is 2.68. The van der Waals surface area contributed by atoms with Crippen LogP contribution in [-0.4, -0.2) is 15.2 Å². The Morgan fingerprint density at radius 3 is 3.12 bits per heavy atom. The van der Waals surface area contributed by atoms with Crippen molar-refractivity contribution in [3.8, 4) is 6.07 Å². The summed E-state index contributed by atoms with van der Waals surface area (Å²) in [5.74, 6) is 0.114. The zero-order valence-electron chi connectivity index (χ0n) is 8.60. The number of imidazole rings is 1. The van der Waals surface area contributed by atoms with Crippen LogP contribution in [0.4, 0.5) is 0 Å². The van der Waals surface area contributed by atoms with E-state index in [2.05, 4.69) is 11.1 Å². The van der Waals surface area contributed by atoms with Gasteiger partial charge in [-0.2, -0.15) is 5.26 Å². The Bertz CT molecular complexity index is 633. The molecule has 0 N–H and O–H groups in total. The van der Waals surface area contributed by atoms with E-state index in [4.69, 9.17) is 5.26 Å². The molecule has 4 heteroatoms. The second-order valence-corrected chi connectivity index (χ2v) is 3.94. The van der Waals surface area contributed by atoms with E-state index >= 15 is 0 Å². The molecule has 0 unspecified atom stereocenters. The van der Waals surface area contributed by atoms with Crippen LogP contribution in [0.3, 0.4) is 0 Å². The lowest BCUT2D eigenvalue weighted by atomic mass is 10.00. The number of nitrogens with zero attached hydrogens (tertiary/aromatic N) is 3. The summed E-state index contributed by atoms with van der Waals surface area (Å²) in [5, 5.41) is 8.80. The van der Waals surface area contributed by atoms with Crippen LogP contribution < -0.4 is 0 Å². The third-order valence-electron chi connectivity index (χ3n) is 2.94. The van der Waals surface area contributed by atoms with Crippen molar-refractivity contribution in [1.82, 2.24) is 9.38 Å². The molecule has 0 fully saturated rings. The minimum Gasteiger partial charge on any atom is -0.303 e. The molecule has 0 amide bonds. The summed E-state index contributed by atoms with van der Waals surface area (Å²) >= 11 is 0. The Morgan fingerprint density at radius 2 is 2.31 bits per heavy atom. The Hall–Kier alpha value is -2.15. The molecular weight excluding hydrogens is 202 g/mol. The Morgan fingerprint density at radius 1 is 1.44 bits per heavy atom. The van der Waals surface area contributed by atoms with E-state index < -0.39 is 0 Å². The molecule has 78 valence electrons. The highest BCUT2D eigenvalue weighted by Gasteiger charge is 2.22. The molecule has 0 atom stereocenters. The molecule has 0 bridgehead atoms. The van der Waals surface area contributed by atoms with E-state index in [1.807, 2.05) is 10.6 Å². The van der Waals surface area contributed by atoms with Crippen LogP contribution in [0.2, 0.25) is 0 Å². The summed E-state index contributed by atoms with van der Waals surface area (Å²) in [4.78, 5) is 16.0. The zero-order chi connectivity index (χ0) is 11.1. The molecule has 3 rings (SSSR count). The molecule has 0 radical (unpaired) electrons. The number of hydrogen-bond acceptors (Lipinski definition) is 3. The van der Waals surface area contributed by atoms with E-state index in [1.54, 1.807) is 12.1 Å². The Labute approximate surface area is 92.1 Å². The summed E-state index contributed by atoms with van der Waals surface area (Å²) in [7, 11) is 0. The molecule has 0 aromatic carbocycles. The minimum absolute atomic E-state index is 0.114. The van der Waals surface area contributed by atoms with E-state index in [0.717, 1.165) is 18.5 Å². The second kappa shape index (κ2) is 3.17. The molecule has 16 heavy (non-hydrogen) atoms. The van der Waals surface area contributed by atoms with Crippen molar-refractivity contribution < 1.29 is 4.79 Å². The van der Waals surface area contributed by atoms with Crippen molar-refractivity contribution in [1.29, 1.82) is 5.26 Å². The quantitative estimate of drug-likeness (QED) is 0.666. The topological polar surface area (TPSA) is 58.2 Å². The molecule has 2 heterocycles. The van der Waals surface area contributed by atoms with Crippen molar-refractivity contribution in [3.63, 3.8) is 0 Å². The highest BCUT2D eigenvalue weighted by molar-refractivity contribution is 5.97. The number of ketones is 1. The maximum absolute atomic E-state index is 11.7. The fourth-order valence-corrected chi connectivity index (χ4v) is 2.16. The maximum atomic E-state index is 11.7. The van der Waals surface area contributed by atoms with E-state index in [9.17, 15) is 4.79 Å². The number of aryl methyl sites for hydroxylation is 1. The van der Waals surface area contributed by atoms with Gasteiger partial charge >= 0.3 is 0 Å². The van der Waals surface area contributed by atoms with Gasteiger partial charge in [0.1, 0.15) is 11.3 Å². The first kappa shape index (κ1) is 9.10. The first-order chi connectivity index (χ1) is 7.79. The molecule has 1 aliphatic rings. The predicted octanol–water partition coefficient (Wildman–Crippen LogP) is 1.72. The van der Waals surface area contributed by atoms with E-state index in [1.165, 1.54) is 0 Å². The molecule has 0 spiro atoms. The number of rotatable bonds is 0. The van der Waals surface area contributed by atoms with Gasteiger partial charge in [-0.3, -0.25) is 4.79 Å². The van der Waals surface area contributed by atoms with Crippen molar-refractivity contribution in [2.45, 2.75) is 19.3 Å². The molecule has 4 nitrogen and oxygen atoms in total. The monoisotopic (exact) mass is 211 g/mol. The molecule has 2 aromatic rings. The van der Waals surface area contributed by atoms with E-state index in [0.29, 0.717) is 23.3 Å². The van der Waals surface area contributed by atoms with Crippen LogP contribution in [0.25, 0.3) is 5.65 Å². The first-order valence-electron chi connectivity index (χ1n) is 5.24. The minimum atomic E-state index is 0.114. The predicted molar refractivity (Wildman–Crippen MR) is 57.2 cm³/mol. The fourth-order valence-electron chi connectivity index (χ4n) is 2.16. The molecule has 1 aliphatic carbocycles. The SMILES string of the molecule is N#Cc1ccn2c3c(nc2c1)C(=O)CCC3. The lowest BCUT2D eigenvalue weighted by molar-refractivity contribution is 0.0967. The summed E-state index contributed by atoms with van der Waals surface area (Å²) in [5.41, 5.74) is 2.83. The summed E-state index contributed by atoms with van der Waals surface area (Å²) < 4.78 is 1.91. The van der Waals surface area contributed by atoms with Crippen molar-refractivity contribution >= 4 is 11.4 Å². The number of fused-ring (bicyclic) bond motifs is 3. The van der Waals surface area contributed by atoms with Gasteiger partial charge in [-0.05, 0) is 25.0 Å². The molecule has 0 saturated heterocycles. The van der Waals surface area contributed by atoms with Gasteiger partial charge in [0.05, 0.1) is 17.3 Å². The fraction of sp³-hybridized carbons (Fsp3) is 0.250. The van der Waals surface area contributed by atoms with Crippen LogP contribution in [0.5, 0.6) is 0 Å². The summed E-state index contributed by atoms with van der Waals surface area (Å²) in [6.07, 6.45) is 4.17. The van der Waals surface area contributed by atoms with Gasteiger partial charge in [-0.1, -0.05) is 0 Å². The van der Waals surface area contributed by atoms with Gasteiger partial charge in [0.15, 0.2) is 5.78 Å². The highest BCUT2D eigenvalue weighted by Crippen LogP contribution is 2.22. The number of carbonyl (C=O) groups is 1. The van der Waals surface area contributed by atoms with Crippen LogP contribution in [-0.2, 0) is 6.42 Å². The van der Waals surface area contributed by atoms with E-state index in [-0.39, 0.29) is 5.78 Å². The normalized spacial score (nSPS) is 14.8. The first-order valence-corrected chi connectivity index (χ1v) is 5.24. The number of nitriles is 1. The maximum Gasteiger partial charge on any atom is 0.183 e. The number of carbonyl (C=O) groups excluding carboxylic acids is 1. The lowest BCUT2D eigenvalue weighted by Crippen LogP contribution is -2.11. The van der Waals surface area contributed by atoms with Gasteiger partial charge in [-0.15, -0.1) is 0 Å². The zero-order valence-corrected chi connectivity index (χ0v) is 8.60. The molecular formula is C12H9N3O. The lowest BCUT2D eigenvalue weighted by Gasteiger charge is -2.08. The Balaban J connectivity index is 2.32. The number of Topliss-reactive ketones (excluding diaryl/α,β-unsaturated/α-hetero) is 1. The number of aromatic nitrogens is 2. The van der Waals surface area contributed by atoms with Gasteiger partial charge in [-0.25, -0.2) is 4.98 Å². The second-order valence-electron chi connectivity index (χ2n) is 3.94. The van der Waals surface area contributed by atoms with Crippen LogP contribution >= 0.6 is 0 Å². The van der Waals surface area contributed by atoms with Crippen molar-refractivity contribution in [2.75, 3.05) is 0 Å². The number of pyridine rings is 1. The smallest absolute Gasteiger partial charge is 0.183 e. The average molecular weight is 211 g/mol. The van der Waals surface area contributed by atoms with Gasteiger partial charge in [0.25, 0.3) is 0 Å². The summed E-state index contributed by atoms with van der Waals surface area (Å²) in [6.45, 7) is 0. The van der Waals surface area contributed by atoms with Crippen molar-refractivity contribution in [3.05, 3.63) is 35.3 Å². The van der Waals surface area contributed by atoms with Crippen LogP contribution in [0.15, 0.2) is 18.3 Å². The Kier molecular flexibility index (Phi) is 1.80. The standard InChI is InChI=1S/C12H9N3O/c13-7-8-4-5-15-9-2-1-3-10(16)12(9)14-11(15)6-8/h4-6H,1-3H2. The van der Waals surface area contributed by atoms with Crippen LogP contribution in [0, 0.1) is 11.3 Å². The number of hydrogen-bond donors (Lipinski definition) is 0. The highest BCUT2D eigenvalue weighted by atomic mass is 16.1. The summed E-state index contributed by atoms with van der Waals surface area (Å²) in [6, 6.07) is 5.53. The van der Waals surface area contributed by atoms with Gasteiger partial charge in [0.2, 0.25) is 0 Å². The molecule has 2 aromatic heterocycles. The largest absolute Gasteiger partial charge is 0.303 e. The van der Waals surface area contributed by atoms with Gasteiger partial charge < -0.3 is 4.40 Å². The van der Waals surface area contributed by atoms with Crippen LogP contribution in [0.1, 0.15) is 34.6 Å². The molecule has 0 saturated carbocycles. The van der Waals surface area contributed by atoms with Gasteiger partial charge in [0, 0.05) is 12.6 Å². The third-order valence-corrected chi connectivity index (χ3v) is 2.94. The third kappa shape index (κ3) is 1.15. The molecule has 0 aliphatic heterocycles.